The molecule has 3 aromatic rings. The third-order valence-electron chi connectivity index (χ3n) is 5.00. The van der Waals surface area contributed by atoms with Crippen molar-refractivity contribution in [1.82, 2.24) is 4.57 Å². The number of allylic oxidation sites excluding steroid dienone is 1. The molecule has 0 fully saturated rings. The molecule has 2 aromatic heterocycles. The minimum absolute atomic E-state index is 0.239. The second-order valence-electron chi connectivity index (χ2n) is 7.41. The van der Waals surface area contributed by atoms with E-state index in [1.807, 2.05) is 55.4 Å². The van der Waals surface area contributed by atoms with Crippen molar-refractivity contribution >= 4 is 45.2 Å². The highest BCUT2D eigenvalue weighted by atomic mass is 79.9. The average molecular weight is 516 g/mol. The second kappa shape index (κ2) is 8.91. The molecule has 9 heteroatoms. The van der Waals surface area contributed by atoms with E-state index in [9.17, 15) is 9.59 Å². The Hall–Kier alpha value is -2.91. The summed E-state index contributed by atoms with van der Waals surface area (Å²) in [4.78, 5) is 33.3. The van der Waals surface area contributed by atoms with Gasteiger partial charge < -0.3 is 14.1 Å². The fraction of sp³-hybridized carbons (Fsp3) is 0.261. The Labute approximate surface area is 197 Å². The number of benzene rings is 1. The maximum atomic E-state index is 13.5. The zero-order valence-corrected chi connectivity index (χ0v) is 20.5. The number of rotatable bonds is 5. The number of carbonyl (C=O) groups excluding carboxylic acids is 1. The van der Waals surface area contributed by atoms with Crippen molar-refractivity contribution in [3.05, 3.63) is 83.2 Å². The summed E-state index contributed by atoms with van der Waals surface area (Å²) in [6, 6.07) is 10.6. The van der Waals surface area contributed by atoms with Gasteiger partial charge in [0.1, 0.15) is 5.76 Å². The maximum Gasteiger partial charge on any atom is 0.338 e. The standard InChI is InChI=1S/C23H22BrN3O4S/c1-5-30-22(29)18-13(2)25-23-27(19(18)14-9-7-6-8-10-14)20(28)17(32-23)12-15-11-16(24)21(31-15)26(3)4/h6-12,19H,5H2,1-4H3/b17-12+/t19-/m1/s1. The smallest absolute Gasteiger partial charge is 0.338 e. The lowest BCUT2D eigenvalue weighted by Crippen LogP contribution is -2.39. The first-order valence-electron chi connectivity index (χ1n) is 10.0. The van der Waals surface area contributed by atoms with E-state index in [-0.39, 0.29) is 12.2 Å². The van der Waals surface area contributed by atoms with Crippen LogP contribution < -0.4 is 19.8 Å². The van der Waals surface area contributed by atoms with E-state index in [4.69, 9.17) is 9.15 Å². The first-order valence-corrected chi connectivity index (χ1v) is 11.6. The molecule has 32 heavy (non-hydrogen) atoms. The number of anilines is 1. The molecular formula is C23H22BrN3O4S. The molecule has 0 unspecified atom stereocenters. The van der Waals surface area contributed by atoms with Crippen molar-refractivity contribution in [3.8, 4) is 0 Å². The molecular weight excluding hydrogens is 494 g/mol. The molecule has 7 nitrogen and oxygen atoms in total. The number of hydrogen-bond acceptors (Lipinski definition) is 7. The van der Waals surface area contributed by atoms with Gasteiger partial charge >= 0.3 is 5.97 Å². The number of nitrogens with zero attached hydrogens (tertiary/aromatic N) is 3. The van der Waals surface area contributed by atoms with Crippen LogP contribution in [0.15, 0.2) is 66.3 Å². The SMILES string of the molecule is CCOC(=O)C1=C(C)N=c2s/c(=C/c3cc(Br)c(N(C)C)o3)c(=O)n2[C@@H]1c1ccccc1. The fourth-order valence-electron chi connectivity index (χ4n) is 3.62. The van der Waals surface area contributed by atoms with Gasteiger partial charge in [-0.2, -0.15) is 0 Å². The molecule has 0 spiro atoms. The molecule has 1 aromatic carbocycles. The zero-order valence-electron chi connectivity index (χ0n) is 18.1. The highest BCUT2D eigenvalue weighted by Gasteiger charge is 2.33. The van der Waals surface area contributed by atoms with Gasteiger partial charge in [-0.15, -0.1) is 0 Å². The van der Waals surface area contributed by atoms with Crippen molar-refractivity contribution < 1.29 is 13.9 Å². The Morgan fingerprint density at radius 2 is 2.06 bits per heavy atom. The molecule has 4 rings (SSSR count). The largest absolute Gasteiger partial charge is 0.463 e. The van der Waals surface area contributed by atoms with E-state index in [0.29, 0.717) is 32.2 Å². The summed E-state index contributed by atoms with van der Waals surface area (Å²) in [5.41, 5.74) is 1.48. The van der Waals surface area contributed by atoms with Crippen LogP contribution in [0, 0.1) is 0 Å². The lowest BCUT2D eigenvalue weighted by molar-refractivity contribution is -0.139. The van der Waals surface area contributed by atoms with Crippen LogP contribution in [0.3, 0.4) is 0 Å². The minimum atomic E-state index is -0.616. The number of furan rings is 1. The van der Waals surface area contributed by atoms with Gasteiger partial charge in [0.25, 0.3) is 5.56 Å². The fourth-order valence-corrected chi connectivity index (χ4v) is 5.31. The number of carbonyl (C=O) groups is 1. The third kappa shape index (κ3) is 3.98. The van der Waals surface area contributed by atoms with Crippen LogP contribution in [0.1, 0.15) is 31.2 Å². The number of aromatic nitrogens is 1. The molecule has 0 radical (unpaired) electrons. The number of esters is 1. The lowest BCUT2D eigenvalue weighted by atomic mass is 9.96. The highest BCUT2D eigenvalue weighted by molar-refractivity contribution is 9.10. The summed E-state index contributed by atoms with van der Waals surface area (Å²) in [6.45, 7) is 3.76. The van der Waals surface area contributed by atoms with Crippen LogP contribution in [0.2, 0.25) is 0 Å². The second-order valence-corrected chi connectivity index (χ2v) is 9.27. The van der Waals surface area contributed by atoms with E-state index in [1.54, 1.807) is 24.5 Å². The number of thiazole rings is 1. The van der Waals surface area contributed by atoms with E-state index in [1.165, 1.54) is 11.3 Å². The van der Waals surface area contributed by atoms with Crippen LogP contribution in [-0.4, -0.2) is 31.2 Å². The quantitative estimate of drug-likeness (QED) is 0.487. The van der Waals surface area contributed by atoms with Gasteiger partial charge in [-0.05, 0) is 35.3 Å². The van der Waals surface area contributed by atoms with Gasteiger partial charge in [-0.1, -0.05) is 41.7 Å². The Morgan fingerprint density at radius 1 is 1.34 bits per heavy atom. The van der Waals surface area contributed by atoms with Gasteiger partial charge in [0.15, 0.2) is 4.80 Å². The van der Waals surface area contributed by atoms with Gasteiger partial charge in [0, 0.05) is 26.2 Å². The van der Waals surface area contributed by atoms with E-state index >= 15 is 0 Å². The molecule has 0 N–H and O–H groups in total. The normalized spacial score (nSPS) is 16.0. The molecule has 1 aliphatic rings. The van der Waals surface area contributed by atoms with Crippen molar-refractivity contribution in [2.75, 3.05) is 25.6 Å². The predicted octanol–water partition coefficient (Wildman–Crippen LogP) is 3.22. The minimum Gasteiger partial charge on any atom is -0.463 e. The van der Waals surface area contributed by atoms with Crippen molar-refractivity contribution in [3.63, 3.8) is 0 Å². The first kappa shape index (κ1) is 22.3. The van der Waals surface area contributed by atoms with Crippen LogP contribution in [-0.2, 0) is 9.53 Å². The van der Waals surface area contributed by atoms with E-state index in [0.717, 1.165) is 10.0 Å². The van der Waals surface area contributed by atoms with Crippen LogP contribution in [0.5, 0.6) is 0 Å². The molecule has 1 atom stereocenters. The van der Waals surface area contributed by atoms with Crippen LogP contribution >= 0.6 is 27.3 Å². The Kier molecular flexibility index (Phi) is 6.21. The van der Waals surface area contributed by atoms with Gasteiger partial charge in [0.05, 0.1) is 32.9 Å². The van der Waals surface area contributed by atoms with Gasteiger partial charge in [-0.3, -0.25) is 9.36 Å². The van der Waals surface area contributed by atoms with Crippen LogP contribution in [0.25, 0.3) is 6.08 Å². The van der Waals surface area contributed by atoms with Gasteiger partial charge in [-0.25, -0.2) is 9.79 Å². The summed E-state index contributed by atoms with van der Waals surface area (Å²) >= 11 is 4.74. The van der Waals surface area contributed by atoms with E-state index in [2.05, 4.69) is 20.9 Å². The maximum absolute atomic E-state index is 13.5. The third-order valence-corrected chi connectivity index (χ3v) is 6.55. The van der Waals surface area contributed by atoms with Crippen molar-refractivity contribution in [2.45, 2.75) is 19.9 Å². The molecule has 0 amide bonds. The molecule has 166 valence electrons. The summed E-state index contributed by atoms with van der Waals surface area (Å²) in [7, 11) is 3.75. The van der Waals surface area contributed by atoms with Crippen LogP contribution in [0.4, 0.5) is 5.88 Å². The summed E-state index contributed by atoms with van der Waals surface area (Å²) in [6.07, 6.45) is 1.70. The predicted molar refractivity (Wildman–Crippen MR) is 128 cm³/mol. The first-order chi connectivity index (χ1) is 15.3. The topological polar surface area (TPSA) is 77.0 Å². The average Bonchev–Trinajstić information content (AvgIpc) is 3.27. The lowest BCUT2D eigenvalue weighted by Gasteiger charge is -2.24. The highest BCUT2D eigenvalue weighted by Crippen LogP contribution is 2.31. The monoisotopic (exact) mass is 515 g/mol. The molecule has 1 aliphatic heterocycles. The Morgan fingerprint density at radius 3 is 2.69 bits per heavy atom. The van der Waals surface area contributed by atoms with Crippen molar-refractivity contribution in [2.24, 2.45) is 4.99 Å². The molecule has 0 aliphatic carbocycles. The van der Waals surface area contributed by atoms with E-state index < -0.39 is 12.0 Å². The zero-order chi connectivity index (χ0) is 23.0. The van der Waals surface area contributed by atoms with Gasteiger partial charge in [0.2, 0.25) is 5.88 Å². The summed E-state index contributed by atoms with van der Waals surface area (Å²) < 4.78 is 14.0. The molecule has 3 heterocycles. The Balaban J connectivity index is 1.92. The number of fused-ring (bicyclic) bond motifs is 1. The molecule has 0 saturated carbocycles. The summed E-state index contributed by atoms with van der Waals surface area (Å²) in [5.74, 6) is 0.734. The number of halogens is 1. The van der Waals surface area contributed by atoms with Crippen molar-refractivity contribution in [1.29, 1.82) is 0 Å². The Bertz CT molecular complexity index is 1380. The number of ether oxygens (including phenoxy) is 1. The molecule has 0 saturated heterocycles. The molecule has 0 bridgehead atoms. The number of hydrogen-bond donors (Lipinski definition) is 0. The summed E-state index contributed by atoms with van der Waals surface area (Å²) in [5, 5.41) is 0.